The zero-order chi connectivity index (χ0) is 76.1. The van der Waals surface area contributed by atoms with Gasteiger partial charge in [-0.05, 0) is 133 Å². The Labute approximate surface area is 622 Å². The minimum absolute atomic E-state index is 0.0363. The topological polar surface area (TPSA) is 333 Å². The zero-order valence-corrected chi connectivity index (χ0v) is 61.4. The van der Waals surface area contributed by atoms with Crippen LogP contribution in [-0.4, -0.2) is 198 Å². The minimum atomic E-state index is -1.22. The molecule has 18 atom stereocenters. The molecule has 25 heteroatoms. The Morgan fingerprint density at radius 1 is 0.364 bits per heavy atom. The summed E-state index contributed by atoms with van der Waals surface area (Å²) in [7, 11) is 13.0. The molecule has 0 radical (unpaired) electrons. The summed E-state index contributed by atoms with van der Waals surface area (Å²) < 4.78 is 65.5. The molecule has 8 heterocycles. The molecule has 14 rings (SSSR count). The summed E-state index contributed by atoms with van der Waals surface area (Å²) in [6.45, 7) is 0. The molecule has 7 fully saturated rings. The normalized spacial score (nSPS) is 28.3. The van der Waals surface area contributed by atoms with Gasteiger partial charge >= 0.3 is 11.9 Å². The van der Waals surface area contributed by atoms with Crippen LogP contribution in [0.5, 0.6) is 23.0 Å². The van der Waals surface area contributed by atoms with Crippen LogP contribution < -0.4 is 40.2 Å². The number of esters is 1. The molecule has 8 aliphatic heterocycles. The lowest BCUT2D eigenvalue weighted by Crippen LogP contribution is -2.45. The maximum absolute atomic E-state index is 12.9. The zero-order valence-electron chi connectivity index (χ0n) is 61.4. The molecule has 0 aromatic heterocycles. The van der Waals surface area contributed by atoms with Gasteiger partial charge in [-0.3, -0.25) is 28.8 Å². The Kier molecular flexibility index (Phi) is 26.2. The predicted octanol–water partition coefficient (Wildman–Crippen LogP) is 6.84. The molecule has 2 unspecified atom stereocenters. The fourth-order valence-electron chi connectivity index (χ4n) is 16.0. The number of aliphatic hydroxyl groups excluding tert-OH is 3. The van der Waals surface area contributed by atoms with Crippen LogP contribution in [0, 0.1) is 23.7 Å². The van der Waals surface area contributed by atoms with Gasteiger partial charge in [0.05, 0.1) is 90.1 Å². The molecule has 107 heavy (non-hydrogen) atoms. The van der Waals surface area contributed by atoms with Crippen LogP contribution >= 0.6 is 0 Å². The van der Waals surface area contributed by atoms with Gasteiger partial charge in [-0.2, -0.15) is 0 Å². The number of rotatable bonds is 22. The summed E-state index contributed by atoms with van der Waals surface area (Å²) in [6, 6.07) is 50.4. The number of nitrogens with one attached hydrogen (secondary N) is 4. The van der Waals surface area contributed by atoms with E-state index in [9.17, 15) is 44.1 Å². The first-order valence-electron chi connectivity index (χ1n) is 36.4. The highest BCUT2D eigenvalue weighted by Gasteiger charge is 2.58. The Bertz CT molecular complexity index is 3860. The Hall–Kier alpha value is -9.28. The van der Waals surface area contributed by atoms with Gasteiger partial charge in [0.1, 0.15) is 64.7 Å². The first-order chi connectivity index (χ1) is 51.7. The van der Waals surface area contributed by atoms with Crippen LogP contribution in [0.3, 0.4) is 0 Å². The number of carboxylic acid groups (broad SMARTS) is 1. The van der Waals surface area contributed by atoms with E-state index >= 15 is 0 Å². The number of aliphatic carboxylic acids is 1. The molecule has 0 spiro atoms. The van der Waals surface area contributed by atoms with E-state index in [0.29, 0.717) is 50.0 Å². The predicted molar refractivity (Wildman–Crippen MR) is 390 cm³/mol. The smallest absolute Gasteiger partial charge is 0.306 e. The van der Waals surface area contributed by atoms with Crippen LogP contribution in [0.1, 0.15) is 97.6 Å². The van der Waals surface area contributed by atoms with Crippen molar-refractivity contribution in [2.75, 3.05) is 56.6 Å². The Morgan fingerprint density at radius 3 is 1.00 bits per heavy atom. The third-order valence-corrected chi connectivity index (χ3v) is 21.6. The van der Waals surface area contributed by atoms with Gasteiger partial charge < -0.3 is 93.8 Å². The molecule has 0 saturated carbocycles. The van der Waals surface area contributed by atoms with E-state index in [2.05, 4.69) is 33.4 Å². The molecule has 8 aliphatic rings. The number of amides is 4. The summed E-state index contributed by atoms with van der Waals surface area (Å²) in [6.07, 6.45) is 0.415. The van der Waals surface area contributed by atoms with Crippen molar-refractivity contribution in [3.8, 4) is 23.0 Å². The van der Waals surface area contributed by atoms with Gasteiger partial charge in [0, 0.05) is 51.9 Å². The van der Waals surface area contributed by atoms with Gasteiger partial charge in [0.15, 0.2) is 6.10 Å². The standard InChI is InChI=1S/C34H37NO9.C30H33NO6.C9H15NO4.C9H13NO2/c1-35-33(39)21-19-27-31(43-30(38)18-17-29(36)37)32(28(20-21)42-27)44-34(22-7-5-4-6-8-22,23-9-13-25(40-2)14-10-23)24-11-15-26(41-3)16-12-24;1-31-29(33)19-17-25-27(32)28(26(18-19)36-25)37-30(20-7-5-4-6-8-20,21-9-13-23(34-2)14-10-21)22-11-15-24(35-3)16-12-22;1-10-9(13)4-2-5-7(11)8(12)6(3-4)14-5;1-10-9(11)6-4-7-2-3-8(5-6)12-7/h4-16,21,27-28,31-32H,17-20H2,1-3H3,(H,35,39)(H,36,37);4-16,19,25-28,32H,17-18H2,1-3H3,(H,31,33);4-8,11-12H,2-3H2,1H3,(H,10,13);2-3,6-8H,4-5H2,1H3,(H,10,11)/t21-,27+,28-,31+,32-;19-,25+,26-,27+,28-;4?,5-,6+,7-,8+;6?,7-,8+/m00../s1. The van der Waals surface area contributed by atoms with Crippen molar-refractivity contribution in [3.63, 3.8) is 0 Å². The quantitative estimate of drug-likeness (QED) is 0.0196. The molecule has 7 saturated heterocycles. The highest BCUT2D eigenvalue weighted by atomic mass is 16.6. The summed E-state index contributed by atoms with van der Waals surface area (Å²) in [5.41, 5.74) is 2.75. The van der Waals surface area contributed by atoms with E-state index in [1.165, 1.54) is 0 Å². The number of fused-ring (bicyclic) bond motifs is 8. The van der Waals surface area contributed by atoms with Crippen molar-refractivity contribution in [3.05, 3.63) is 203 Å². The number of hydrogen-bond donors (Lipinski definition) is 8. The highest BCUT2D eigenvalue weighted by molar-refractivity contribution is 5.80. The van der Waals surface area contributed by atoms with Crippen LogP contribution in [0.25, 0.3) is 0 Å². The number of ether oxygens (including phenoxy) is 11. The number of hydrogen-bond acceptors (Lipinski definition) is 20. The van der Waals surface area contributed by atoms with E-state index in [-0.39, 0.29) is 84.6 Å². The number of aliphatic hydroxyl groups is 3. The molecule has 572 valence electrons. The van der Waals surface area contributed by atoms with Crippen LogP contribution in [-0.2, 0) is 73.1 Å². The number of methoxy groups -OCH3 is 4. The third-order valence-electron chi connectivity index (χ3n) is 21.6. The molecule has 6 aromatic carbocycles. The second-order valence-electron chi connectivity index (χ2n) is 27.9. The van der Waals surface area contributed by atoms with E-state index in [4.69, 9.17) is 57.2 Å². The van der Waals surface area contributed by atoms with E-state index in [1.54, 1.807) is 56.6 Å². The fourth-order valence-corrected chi connectivity index (χ4v) is 16.0. The molecule has 4 amide bonds. The van der Waals surface area contributed by atoms with Crippen LogP contribution in [0.15, 0.2) is 170 Å². The van der Waals surface area contributed by atoms with Gasteiger partial charge in [-0.15, -0.1) is 0 Å². The van der Waals surface area contributed by atoms with Crippen molar-refractivity contribution in [1.82, 2.24) is 21.3 Å². The lowest BCUT2D eigenvalue weighted by Gasteiger charge is -2.40. The second-order valence-corrected chi connectivity index (χ2v) is 27.9. The van der Waals surface area contributed by atoms with E-state index < -0.39 is 84.2 Å². The van der Waals surface area contributed by atoms with Crippen molar-refractivity contribution in [2.24, 2.45) is 23.7 Å². The summed E-state index contributed by atoms with van der Waals surface area (Å²) in [4.78, 5) is 72.0. The number of carbonyl (C=O) groups excluding carboxylic acids is 5. The Morgan fingerprint density at radius 2 is 0.654 bits per heavy atom. The molecule has 8 N–H and O–H groups in total. The monoisotopic (exact) mass is 1470 g/mol. The summed E-state index contributed by atoms with van der Waals surface area (Å²) >= 11 is 0. The number of carboxylic acids is 1. The summed E-state index contributed by atoms with van der Waals surface area (Å²) in [5.74, 6) is 0.388. The van der Waals surface area contributed by atoms with Crippen molar-refractivity contribution < 1.29 is 101 Å². The molecule has 25 nitrogen and oxygen atoms in total. The van der Waals surface area contributed by atoms with E-state index in [0.717, 1.165) is 57.7 Å². The van der Waals surface area contributed by atoms with Gasteiger partial charge in [0.2, 0.25) is 23.6 Å². The van der Waals surface area contributed by atoms with Crippen molar-refractivity contribution >= 4 is 35.6 Å². The first kappa shape index (κ1) is 78.8. The first-order valence-corrected chi connectivity index (χ1v) is 36.4. The van der Waals surface area contributed by atoms with Crippen molar-refractivity contribution in [2.45, 2.75) is 161 Å². The van der Waals surface area contributed by atoms with E-state index in [1.807, 2.05) is 158 Å². The fraction of sp³-hybridized carbons (Fsp3) is 0.463. The SMILES string of the molecule is CNC(=O)C1C[C@@H]2O[C@H](C1)[C@@H](O)[C@H]2O.CNC(=O)C1C[C@H]2C=C[C@@H](C1)O2.CNC(=O)[C@@H]1C[C@@H]2O[C@H](C1)[C@@H](O)[C@H]2OC(c1ccccc1)(c1ccc(OC)cc1)c1ccc(OC)cc1.CNC(=O)[C@@H]1C[C@@H]2O[C@H](C1)[C@@H](OC(=O)CCC(=O)O)[C@H]2OC(c1ccccc1)(c1ccc(OC)cc1)c1ccc(OC)cc1. The van der Waals surface area contributed by atoms with Crippen molar-refractivity contribution in [1.29, 1.82) is 0 Å². The molecular weight excluding hydrogens is 1380 g/mol. The van der Waals surface area contributed by atoms with Gasteiger partial charge in [-0.25, -0.2) is 0 Å². The number of carbonyl (C=O) groups is 6. The number of benzene rings is 6. The average Bonchev–Trinajstić information content (AvgIpc) is 1.73. The maximum atomic E-state index is 12.9. The molecule has 6 aromatic rings. The van der Waals surface area contributed by atoms with Gasteiger partial charge in [-0.1, -0.05) is 121 Å². The Balaban J connectivity index is 0.000000160. The van der Waals surface area contributed by atoms with Gasteiger partial charge in [0.25, 0.3) is 0 Å². The van der Waals surface area contributed by atoms with Crippen LogP contribution in [0.4, 0.5) is 0 Å². The average molecular weight is 1480 g/mol. The van der Waals surface area contributed by atoms with Crippen LogP contribution in [0.2, 0.25) is 0 Å². The largest absolute Gasteiger partial charge is 0.497 e. The lowest BCUT2D eigenvalue weighted by molar-refractivity contribution is -0.164. The summed E-state index contributed by atoms with van der Waals surface area (Å²) in [5, 5.41) is 50.3. The third kappa shape index (κ3) is 17.5. The maximum Gasteiger partial charge on any atom is 0.306 e. The lowest BCUT2D eigenvalue weighted by atomic mass is 9.79. The molecule has 8 bridgehead atoms. The second kappa shape index (κ2) is 35.6. The highest BCUT2D eigenvalue weighted by Crippen LogP contribution is 2.50. The molecule has 0 aliphatic carbocycles. The molecular formula is C82H98N4O21. The minimum Gasteiger partial charge on any atom is -0.497 e.